The topological polar surface area (TPSA) is 260 Å². The Morgan fingerprint density at radius 2 is 0.774 bits per heavy atom. The van der Waals surface area contributed by atoms with Crippen molar-refractivity contribution in [2.45, 2.75) is 74.1 Å². The van der Waals surface area contributed by atoms with Crippen molar-refractivity contribution in [1.82, 2.24) is 19.1 Å². The Balaban J connectivity index is 1.04. The van der Waals surface area contributed by atoms with Gasteiger partial charge in [0.15, 0.2) is 0 Å². The molecule has 0 spiro atoms. The average Bonchev–Trinajstić information content (AvgIpc) is 4.16. The van der Waals surface area contributed by atoms with Crippen LogP contribution in [0.2, 0.25) is 0 Å². The third-order valence-corrected chi connectivity index (χ3v) is 16.1. The summed E-state index contributed by atoms with van der Waals surface area (Å²) < 4.78 is 78.6. The summed E-state index contributed by atoms with van der Waals surface area (Å²) >= 11 is 0. The summed E-state index contributed by atoms with van der Waals surface area (Å²) in [5.74, 6) is -3.11. The van der Waals surface area contributed by atoms with Gasteiger partial charge in [0.05, 0.1) is 54.5 Å². The molecular weight excluding hydrogens is 1100 g/mol. The summed E-state index contributed by atoms with van der Waals surface area (Å²) in [5.41, 5.74) is -2.06. The van der Waals surface area contributed by atoms with Crippen LogP contribution < -0.4 is 41.4 Å². The zero-order valence-corrected chi connectivity index (χ0v) is 47.6. The van der Waals surface area contributed by atoms with E-state index >= 15 is 0 Å². The van der Waals surface area contributed by atoms with E-state index in [9.17, 15) is 34.0 Å². The quantitative estimate of drug-likeness (QED) is 0.0293. The maximum Gasteiger partial charge on any atom is 0.703 e. The van der Waals surface area contributed by atoms with Gasteiger partial charge in [0.25, 0.3) is 22.7 Å². The minimum atomic E-state index is -3.70. The second kappa shape index (κ2) is 24.5. The number of benzene rings is 6. The number of aromatic amines is 2. The number of rotatable bonds is 22. The number of nitrogens with one attached hydrogen (secondary N) is 2. The molecule has 8 aromatic rings. The number of aryl methyl sites for hydroxylation is 2. The smallest absolute Gasteiger partial charge is 0.497 e. The second-order valence-corrected chi connectivity index (χ2v) is 21.1. The van der Waals surface area contributed by atoms with Gasteiger partial charge < -0.3 is 48.1 Å². The lowest BCUT2D eigenvalue weighted by Gasteiger charge is -2.37. The minimum Gasteiger partial charge on any atom is -0.497 e. The van der Waals surface area contributed by atoms with Crippen LogP contribution in [0.1, 0.15) is 69.8 Å². The summed E-state index contributed by atoms with van der Waals surface area (Å²) in [4.78, 5) is 56.8. The fraction of sp³-hybridized carbons (Fsp3) is 0.290. The second-order valence-electron chi connectivity index (χ2n) is 20.3. The number of ether oxygens (including phenoxy) is 8. The van der Waals surface area contributed by atoms with Crippen molar-refractivity contribution in [3.63, 3.8) is 0 Å². The maximum atomic E-state index is 15.0. The molecule has 436 valence electrons. The lowest BCUT2D eigenvalue weighted by atomic mass is 9.80. The molecule has 4 heterocycles. The van der Waals surface area contributed by atoms with Crippen molar-refractivity contribution in [3.8, 4) is 23.0 Å². The van der Waals surface area contributed by atoms with Gasteiger partial charge in [-0.25, -0.2) is 9.59 Å². The zero-order valence-electron chi connectivity index (χ0n) is 46.7. The Labute approximate surface area is 482 Å². The highest BCUT2D eigenvalue weighted by molar-refractivity contribution is 7.33. The van der Waals surface area contributed by atoms with Gasteiger partial charge in [-0.15, -0.1) is 0 Å². The van der Waals surface area contributed by atoms with Crippen molar-refractivity contribution in [3.05, 3.63) is 256 Å². The molecule has 21 nitrogen and oxygen atoms in total. The maximum absolute atomic E-state index is 15.0. The Morgan fingerprint density at radius 1 is 0.488 bits per heavy atom. The van der Waals surface area contributed by atoms with E-state index in [1.54, 1.807) is 77.0 Å². The van der Waals surface area contributed by atoms with Gasteiger partial charge in [0.1, 0.15) is 58.9 Å². The summed E-state index contributed by atoms with van der Waals surface area (Å²) in [7, 11) is 2.47. The number of hydrogen-bond acceptors (Lipinski definition) is 17. The molecule has 0 bridgehead atoms. The van der Waals surface area contributed by atoms with Gasteiger partial charge in [-0.05, 0) is 95.8 Å². The summed E-state index contributed by atoms with van der Waals surface area (Å²) in [6, 6.07) is 47.2. The molecule has 6 atom stereocenters. The highest BCUT2D eigenvalue weighted by Crippen LogP contribution is 2.51. The summed E-state index contributed by atoms with van der Waals surface area (Å²) in [6.45, 7) is 1.87. The van der Waals surface area contributed by atoms with Crippen LogP contribution >= 0.6 is 8.25 Å². The van der Waals surface area contributed by atoms with Crippen LogP contribution in [0.3, 0.4) is 0 Å². The third kappa shape index (κ3) is 11.5. The average molecular weight is 1170 g/mol. The summed E-state index contributed by atoms with van der Waals surface area (Å²) in [6.07, 6.45) is -4.72. The zero-order chi connectivity index (χ0) is 59.4. The molecule has 2 aromatic heterocycles. The van der Waals surface area contributed by atoms with Crippen LogP contribution in [0.15, 0.2) is 189 Å². The van der Waals surface area contributed by atoms with E-state index in [1.807, 2.05) is 109 Å². The predicted molar refractivity (Wildman–Crippen MR) is 305 cm³/mol. The first-order valence-electron chi connectivity index (χ1n) is 26.7. The lowest BCUT2D eigenvalue weighted by Crippen LogP contribution is -2.47. The molecule has 2 fully saturated rings. The third-order valence-electron chi connectivity index (χ3n) is 15.2. The van der Waals surface area contributed by atoms with Crippen LogP contribution in [0.5, 0.6) is 23.0 Å². The Hall–Kier alpha value is -8.34. The van der Waals surface area contributed by atoms with Gasteiger partial charge >= 0.3 is 19.6 Å². The predicted octanol–water partition coefficient (Wildman–Crippen LogP) is 7.40. The molecule has 0 radical (unpaired) electrons. The van der Waals surface area contributed by atoms with Crippen molar-refractivity contribution in [1.29, 1.82) is 0 Å². The van der Waals surface area contributed by atoms with Crippen LogP contribution in [-0.2, 0) is 43.8 Å². The largest absolute Gasteiger partial charge is 0.703 e. The fourth-order valence-electron chi connectivity index (χ4n) is 10.7. The monoisotopic (exact) mass is 1170 g/mol. The molecule has 0 aliphatic carbocycles. The van der Waals surface area contributed by atoms with Gasteiger partial charge in [0, 0.05) is 28.1 Å². The van der Waals surface area contributed by atoms with E-state index in [4.69, 9.17) is 46.9 Å². The lowest BCUT2D eigenvalue weighted by molar-refractivity contribution is -0.222. The molecule has 2 aliphatic heterocycles. The van der Waals surface area contributed by atoms with Crippen molar-refractivity contribution >= 4 is 8.25 Å². The van der Waals surface area contributed by atoms with E-state index < -0.39 is 104 Å². The minimum absolute atomic E-state index is 0.136. The van der Waals surface area contributed by atoms with Gasteiger partial charge in [0.2, 0.25) is 0 Å². The molecule has 22 heteroatoms. The van der Waals surface area contributed by atoms with Crippen LogP contribution in [0.25, 0.3) is 0 Å². The molecule has 0 saturated carbocycles. The Morgan fingerprint density at radius 3 is 1.06 bits per heavy atom. The van der Waals surface area contributed by atoms with Crippen LogP contribution in [0.4, 0.5) is 0 Å². The molecule has 0 amide bonds. The molecule has 84 heavy (non-hydrogen) atoms. The highest BCUT2D eigenvalue weighted by Gasteiger charge is 2.62. The fourth-order valence-corrected chi connectivity index (χ4v) is 11.7. The number of methoxy groups -OCH3 is 4. The molecule has 2 aliphatic rings. The molecule has 4 N–H and O–H groups in total. The van der Waals surface area contributed by atoms with E-state index in [2.05, 4.69) is 9.97 Å². The number of hydrogen-bond donors (Lipinski definition) is 4. The van der Waals surface area contributed by atoms with Crippen molar-refractivity contribution in [2.24, 2.45) is 0 Å². The number of aliphatic hydroxyl groups is 2. The highest BCUT2D eigenvalue weighted by atomic mass is 31.1. The Kier molecular flexibility index (Phi) is 17.1. The normalized spacial score (nSPS) is 20.6. The molecule has 2 saturated heterocycles. The standard InChI is InChI=1S/C62H61N4O17P/c1-39-35-65(57(69)63-55(39)67)53-33-59(71,51(80-53)37-78-61(41-13-9-7-10-14-41,43-17-25-47(74-3)26-18-43)44-19-27-48(75-4)28-20-44)82-84(73)83-60(72)34-54(66-36-40(2)56(68)64-58(66)70)81-52(60)38-79-62(42-15-11-8-12-16-42,45-21-29-49(76-5)30-22-45)46-23-31-50(77-6)32-24-46/h7-32,35-36,51-54,71-72H,33-34,37-38H2,1-6H3,(H-,63,64,67,68,69,70)/p+1/t51-,52-,53-,54-,59-,60-/m1/s1. The Bertz CT molecular complexity index is 3500. The van der Waals surface area contributed by atoms with E-state index in [0.29, 0.717) is 56.4 Å². The first-order chi connectivity index (χ1) is 40.4. The first kappa shape index (κ1) is 58.8. The first-order valence-corrected chi connectivity index (χ1v) is 27.8. The van der Waals surface area contributed by atoms with Crippen LogP contribution in [-0.4, -0.2) is 94.8 Å². The van der Waals surface area contributed by atoms with Crippen molar-refractivity contribution < 1.29 is 61.7 Å². The summed E-state index contributed by atoms with van der Waals surface area (Å²) in [5, 5.41) is 26.0. The van der Waals surface area contributed by atoms with Gasteiger partial charge in [-0.2, -0.15) is 0 Å². The van der Waals surface area contributed by atoms with Crippen molar-refractivity contribution in [2.75, 3.05) is 41.7 Å². The molecule has 6 aromatic carbocycles. The molecule has 10 rings (SSSR count). The van der Waals surface area contributed by atoms with Gasteiger partial charge in [-0.3, -0.25) is 28.7 Å². The number of aromatic nitrogens is 4. The molecule has 0 unspecified atom stereocenters. The van der Waals surface area contributed by atoms with E-state index in [0.717, 1.165) is 9.13 Å². The SMILES string of the molecule is COc1ccc(C(OC[C@H]2O[C@@H](n3cc(C)c(=O)[nH]c3=O)C[C@@]2(O)O[P+](=O)O[C@]2(O)C[C@H](n3cc(C)c(=O)[nH]c3=O)O[C@@H]2COC(c2ccccc2)(c2ccc(OC)cc2)c2ccc(OC)cc2)(c2ccccc2)c2ccc(OC)cc2)cc1. The van der Waals surface area contributed by atoms with Crippen LogP contribution in [0, 0.1) is 13.8 Å². The van der Waals surface area contributed by atoms with E-state index in [1.165, 1.54) is 26.2 Å². The van der Waals surface area contributed by atoms with E-state index in [-0.39, 0.29) is 11.1 Å². The van der Waals surface area contributed by atoms with Gasteiger partial charge in [-0.1, -0.05) is 118 Å². The molecular formula is C62H62N4O17P+. The number of H-pyrrole nitrogens is 2. The number of nitrogens with zero attached hydrogens (tertiary/aromatic N) is 2.